The van der Waals surface area contributed by atoms with Gasteiger partial charge in [0, 0.05) is 0 Å². The normalized spacial score (nSPS) is 13.0. The predicted octanol–water partition coefficient (Wildman–Crippen LogP) is 1.42. The lowest BCUT2D eigenvalue weighted by Gasteiger charge is -2.11. The summed E-state index contributed by atoms with van der Waals surface area (Å²) in [6, 6.07) is 5.66. The van der Waals surface area contributed by atoms with Gasteiger partial charge in [-0.25, -0.2) is 13.1 Å². The largest absolute Gasteiger partial charge is 0.302 e. The smallest absolute Gasteiger partial charge is 0.241 e. The number of aryl methyl sites for hydroxylation is 1. The molecule has 0 unspecified atom stereocenters. The quantitative estimate of drug-likeness (QED) is 0.616. The Morgan fingerprint density at radius 1 is 1.35 bits per heavy atom. The summed E-state index contributed by atoms with van der Waals surface area (Å²) in [5.74, 6) is 0. The van der Waals surface area contributed by atoms with Crippen LogP contribution < -0.4 is 4.72 Å². The second kappa shape index (κ2) is 5.75. The zero-order valence-electron chi connectivity index (χ0n) is 9.59. The minimum absolute atomic E-state index is 0.152. The number of hydrogen-bond donors (Lipinski definition) is 1. The van der Waals surface area contributed by atoms with Crippen LogP contribution in [0.25, 0.3) is 0 Å². The fourth-order valence-electron chi connectivity index (χ4n) is 1.30. The van der Waals surface area contributed by atoms with E-state index in [0.29, 0.717) is 6.29 Å². The molecule has 1 aromatic carbocycles. The molecular weight excluding hydrogens is 238 g/mol. The van der Waals surface area contributed by atoms with Crippen molar-refractivity contribution in [1.29, 1.82) is 0 Å². The van der Waals surface area contributed by atoms with E-state index in [9.17, 15) is 13.2 Å². The van der Waals surface area contributed by atoms with Crippen molar-refractivity contribution in [3.8, 4) is 0 Å². The van der Waals surface area contributed by atoms with Crippen LogP contribution in [-0.4, -0.2) is 20.7 Å². The first-order valence-electron chi connectivity index (χ1n) is 5.15. The van der Waals surface area contributed by atoms with E-state index >= 15 is 0 Å². The average molecular weight is 253 g/mol. The summed E-state index contributed by atoms with van der Waals surface area (Å²) in [5, 5.41) is 0. The zero-order chi connectivity index (χ0) is 12.9. The highest BCUT2D eigenvalue weighted by Crippen LogP contribution is 2.10. The molecule has 0 spiro atoms. The van der Waals surface area contributed by atoms with Crippen molar-refractivity contribution in [1.82, 2.24) is 4.72 Å². The predicted molar refractivity (Wildman–Crippen MR) is 66.2 cm³/mol. The third kappa shape index (κ3) is 3.80. The highest BCUT2D eigenvalue weighted by molar-refractivity contribution is 7.89. The molecule has 1 N–H and O–H groups in total. The Hall–Kier alpha value is -1.46. The van der Waals surface area contributed by atoms with Crippen molar-refractivity contribution < 1.29 is 13.2 Å². The lowest BCUT2D eigenvalue weighted by atomic mass is 10.2. The van der Waals surface area contributed by atoms with Crippen molar-refractivity contribution in [3.05, 3.63) is 42.5 Å². The summed E-state index contributed by atoms with van der Waals surface area (Å²) >= 11 is 0. The number of hydrogen-bond acceptors (Lipinski definition) is 3. The number of benzene rings is 1. The fourth-order valence-corrected chi connectivity index (χ4v) is 2.48. The minimum atomic E-state index is -3.64. The lowest BCUT2D eigenvalue weighted by molar-refractivity contribution is -0.109. The summed E-state index contributed by atoms with van der Waals surface area (Å²) in [5.41, 5.74) is 0.974. The number of carbonyl (C=O) groups is 1. The Bertz CT molecular complexity index is 491. The second-order valence-corrected chi connectivity index (χ2v) is 5.42. The van der Waals surface area contributed by atoms with Crippen molar-refractivity contribution >= 4 is 16.3 Å². The Morgan fingerprint density at radius 3 is 2.41 bits per heavy atom. The molecule has 0 aliphatic rings. The summed E-state index contributed by atoms with van der Waals surface area (Å²) in [4.78, 5) is 10.8. The molecule has 1 aromatic rings. The van der Waals surface area contributed by atoms with Gasteiger partial charge in [0.2, 0.25) is 10.0 Å². The summed E-state index contributed by atoms with van der Waals surface area (Å²) in [6.07, 6.45) is 2.33. The van der Waals surface area contributed by atoms with E-state index in [1.165, 1.54) is 18.2 Å². The van der Waals surface area contributed by atoms with Crippen LogP contribution in [0, 0.1) is 6.92 Å². The van der Waals surface area contributed by atoms with Crippen LogP contribution in [0.15, 0.2) is 41.8 Å². The van der Waals surface area contributed by atoms with Crippen LogP contribution in [0.2, 0.25) is 0 Å². The van der Waals surface area contributed by atoms with Gasteiger partial charge in [0.05, 0.1) is 10.9 Å². The van der Waals surface area contributed by atoms with Gasteiger partial charge in [-0.05, 0) is 25.5 Å². The fraction of sp³-hybridized carbons (Fsp3) is 0.250. The number of aldehydes is 1. The molecule has 17 heavy (non-hydrogen) atoms. The van der Waals surface area contributed by atoms with Crippen LogP contribution in [0.3, 0.4) is 0 Å². The first kappa shape index (κ1) is 13.6. The summed E-state index contributed by atoms with van der Waals surface area (Å²) in [7, 11) is -3.64. The van der Waals surface area contributed by atoms with Gasteiger partial charge in [-0.1, -0.05) is 23.8 Å². The third-order valence-electron chi connectivity index (χ3n) is 2.22. The lowest BCUT2D eigenvalue weighted by Crippen LogP contribution is -2.35. The van der Waals surface area contributed by atoms with Crippen molar-refractivity contribution in [2.24, 2.45) is 0 Å². The van der Waals surface area contributed by atoms with Gasteiger partial charge < -0.3 is 4.79 Å². The van der Waals surface area contributed by atoms with Crippen molar-refractivity contribution in [3.63, 3.8) is 0 Å². The topological polar surface area (TPSA) is 63.2 Å². The highest BCUT2D eigenvalue weighted by atomic mass is 32.2. The van der Waals surface area contributed by atoms with Crippen LogP contribution in [0.5, 0.6) is 0 Å². The highest BCUT2D eigenvalue weighted by Gasteiger charge is 2.18. The molecule has 0 bridgehead atoms. The molecule has 4 nitrogen and oxygen atoms in total. The molecule has 0 radical (unpaired) electrons. The van der Waals surface area contributed by atoms with Gasteiger partial charge in [-0.15, -0.1) is 6.58 Å². The van der Waals surface area contributed by atoms with E-state index in [2.05, 4.69) is 11.3 Å². The molecule has 0 fully saturated rings. The molecule has 0 heterocycles. The van der Waals surface area contributed by atoms with Gasteiger partial charge in [-0.2, -0.15) is 0 Å². The van der Waals surface area contributed by atoms with Gasteiger partial charge in [0.25, 0.3) is 0 Å². The Labute approximate surface area is 101 Å². The zero-order valence-corrected chi connectivity index (χ0v) is 10.4. The van der Waals surface area contributed by atoms with E-state index in [0.717, 1.165) is 5.56 Å². The first-order chi connectivity index (χ1) is 7.99. The molecule has 1 atom stereocenters. The molecule has 5 heteroatoms. The minimum Gasteiger partial charge on any atom is -0.302 e. The van der Waals surface area contributed by atoms with E-state index < -0.39 is 16.1 Å². The molecule has 0 aromatic heterocycles. The Morgan fingerprint density at radius 2 is 1.94 bits per heavy atom. The summed E-state index contributed by atoms with van der Waals surface area (Å²) in [6.45, 7) is 5.34. The maximum absolute atomic E-state index is 11.9. The second-order valence-electron chi connectivity index (χ2n) is 3.70. The van der Waals surface area contributed by atoms with Gasteiger partial charge in [0.15, 0.2) is 0 Å². The monoisotopic (exact) mass is 253 g/mol. The van der Waals surface area contributed by atoms with E-state index in [1.54, 1.807) is 12.1 Å². The number of nitrogens with one attached hydrogen (secondary N) is 1. The Kier molecular flexibility index (Phi) is 4.60. The van der Waals surface area contributed by atoms with E-state index in [1.807, 2.05) is 6.92 Å². The van der Waals surface area contributed by atoms with Crippen molar-refractivity contribution in [2.45, 2.75) is 24.3 Å². The molecule has 0 aliphatic carbocycles. The Balaban J connectivity index is 2.91. The number of sulfonamides is 1. The van der Waals surface area contributed by atoms with Crippen LogP contribution in [0.4, 0.5) is 0 Å². The van der Waals surface area contributed by atoms with E-state index in [-0.39, 0.29) is 11.3 Å². The van der Waals surface area contributed by atoms with Crippen LogP contribution in [0.1, 0.15) is 12.0 Å². The molecule has 92 valence electrons. The number of rotatable bonds is 6. The maximum atomic E-state index is 11.9. The van der Waals surface area contributed by atoms with E-state index in [4.69, 9.17) is 0 Å². The molecule has 0 amide bonds. The average Bonchev–Trinajstić information content (AvgIpc) is 2.28. The molecule has 0 saturated heterocycles. The molecule has 0 aliphatic heterocycles. The molecular formula is C12H15NO3S. The first-order valence-corrected chi connectivity index (χ1v) is 6.63. The third-order valence-corrected chi connectivity index (χ3v) is 3.73. The van der Waals surface area contributed by atoms with Gasteiger partial charge >= 0.3 is 0 Å². The van der Waals surface area contributed by atoms with Crippen LogP contribution >= 0.6 is 0 Å². The SMILES string of the molecule is C=CC[C@@H](C=O)NS(=O)(=O)c1ccc(C)cc1. The standard InChI is InChI=1S/C12H15NO3S/c1-3-4-11(9-14)13-17(15,16)12-7-5-10(2)6-8-12/h3,5-9,11,13H,1,4H2,2H3/t11-/m0/s1. The number of carbonyl (C=O) groups excluding carboxylic acids is 1. The summed E-state index contributed by atoms with van der Waals surface area (Å²) < 4.78 is 26.1. The molecule has 1 rings (SSSR count). The van der Waals surface area contributed by atoms with Crippen LogP contribution in [-0.2, 0) is 14.8 Å². The van der Waals surface area contributed by atoms with Gasteiger partial charge in [-0.3, -0.25) is 0 Å². The molecule has 0 saturated carbocycles. The van der Waals surface area contributed by atoms with Crippen molar-refractivity contribution in [2.75, 3.05) is 0 Å². The van der Waals surface area contributed by atoms with Gasteiger partial charge in [0.1, 0.15) is 6.29 Å². The maximum Gasteiger partial charge on any atom is 0.241 e.